The highest BCUT2D eigenvalue weighted by molar-refractivity contribution is 6.30. The highest BCUT2D eigenvalue weighted by Gasteiger charge is 2.33. The first-order chi connectivity index (χ1) is 13.3. The minimum absolute atomic E-state index is 0.0903. The maximum absolute atomic E-state index is 12.3. The first-order valence-electron chi connectivity index (χ1n) is 8.47. The summed E-state index contributed by atoms with van der Waals surface area (Å²) in [5.74, 6) is -2.12. The predicted octanol–water partition coefficient (Wildman–Crippen LogP) is 2.43. The van der Waals surface area contributed by atoms with Crippen molar-refractivity contribution < 1.29 is 23.9 Å². The second-order valence-corrected chi connectivity index (χ2v) is 6.76. The minimum Gasteiger partial charge on any atom is -0.449 e. The Bertz CT molecular complexity index is 971. The smallest absolute Gasteiger partial charge is 0.338 e. The molecule has 1 aliphatic rings. The number of esters is 1. The second-order valence-electron chi connectivity index (χ2n) is 6.32. The summed E-state index contributed by atoms with van der Waals surface area (Å²) in [7, 11) is 1.37. The second kappa shape index (κ2) is 7.82. The monoisotopic (exact) mass is 400 g/mol. The van der Waals surface area contributed by atoms with Gasteiger partial charge in [0.25, 0.3) is 17.7 Å². The summed E-state index contributed by atoms with van der Waals surface area (Å²) in [6, 6.07) is 11.1. The van der Waals surface area contributed by atoms with Gasteiger partial charge in [0.1, 0.15) is 0 Å². The molecule has 144 valence electrons. The molecule has 0 fully saturated rings. The van der Waals surface area contributed by atoms with Crippen molar-refractivity contribution in [2.24, 2.45) is 0 Å². The lowest BCUT2D eigenvalue weighted by atomic mass is 10.1. The highest BCUT2D eigenvalue weighted by Crippen LogP contribution is 2.23. The van der Waals surface area contributed by atoms with Crippen molar-refractivity contribution in [3.05, 3.63) is 69.7 Å². The predicted molar refractivity (Wildman–Crippen MR) is 101 cm³/mol. The van der Waals surface area contributed by atoms with E-state index in [0.29, 0.717) is 5.02 Å². The molecular formula is C20H17ClN2O5. The van der Waals surface area contributed by atoms with Crippen molar-refractivity contribution in [2.75, 3.05) is 7.05 Å². The van der Waals surface area contributed by atoms with Gasteiger partial charge >= 0.3 is 5.97 Å². The molecule has 1 unspecified atom stereocenters. The standard InChI is InChI=1S/C20H17ClN2O5/c1-11(17(24)22-10-12-3-6-14(21)7-4-12)28-20(27)13-5-8-15-16(9-13)19(26)23(2)18(15)25/h3-9,11H,10H2,1-2H3,(H,22,24). The van der Waals surface area contributed by atoms with Crippen LogP contribution in [0.4, 0.5) is 0 Å². The van der Waals surface area contributed by atoms with Crippen molar-refractivity contribution in [3.8, 4) is 0 Å². The number of hydrogen-bond donors (Lipinski definition) is 1. The van der Waals surface area contributed by atoms with Crippen LogP contribution in [0.3, 0.4) is 0 Å². The molecule has 0 saturated carbocycles. The zero-order chi connectivity index (χ0) is 20.4. The van der Waals surface area contributed by atoms with Gasteiger partial charge in [0.05, 0.1) is 16.7 Å². The Morgan fingerprint density at radius 3 is 2.39 bits per heavy atom. The largest absolute Gasteiger partial charge is 0.449 e. The Morgan fingerprint density at radius 2 is 1.71 bits per heavy atom. The van der Waals surface area contributed by atoms with Crippen molar-refractivity contribution >= 4 is 35.3 Å². The van der Waals surface area contributed by atoms with Crippen LogP contribution < -0.4 is 5.32 Å². The summed E-state index contributed by atoms with van der Waals surface area (Å²) in [4.78, 5) is 49.4. The first kappa shape index (κ1) is 19.6. The van der Waals surface area contributed by atoms with Crippen LogP contribution in [-0.2, 0) is 16.1 Å². The molecule has 3 rings (SSSR count). The average Bonchev–Trinajstić information content (AvgIpc) is 2.91. The Hall–Kier alpha value is -3.19. The van der Waals surface area contributed by atoms with Gasteiger partial charge in [0.2, 0.25) is 0 Å². The van der Waals surface area contributed by atoms with E-state index in [9.17, 15) is 19.2 Å². The molecule has 1 N–H and O–H groups in total. The Kier molecular flexibility index (Phi) is 5.46. The summed E-state index contributed by atoms with van der Waals surface area (Å²) in [5.41, 5.74) is 1.31. The molecule has 3 amide bonds. The van der Waals surface area contributed by atoms with Gasteiger partial charge in [-0.25, -0.2) is 4.79 Å². The van der Waals surface area contributed by atoms with Gasteiger partial charge in [-0.2, -0.15) is 0 Å². The lowest BCUT2D eigenvalue weighted by molar-refractivity contribution is -0.129. The van der Waals surface area contributed by atoms with Crippen molar-refractivity contribution in [1.82, 2.24) is 10.2 Å². The molecule has 2 aromatic rings. The van der Waals surface area contributed by atoms with Crippen LogP contribution in [0.2, 0.25) is 5.02 Å². The number of rotatable bonds is 5. The summed E-state index contributed by atoms with van der Waals surface area (Å²) in [6.45, 7) is 1.71. The van der Waals surface area contributed by atoms with Crippen LogP contribution in [0.25, 0.3) is 0 Å². The van der Waals surface area contributed by atoms with E-state index in [1.807, 2.05) is 0 Å². The number of benzene rings is 2. The third-order valence-electron chi connectivity index (χ3n) is 4.36. The lowest BCUT2D eigenvalue weighted by Crippen LogP contribution is -2.35. The lowest BCUT2D eigenvalue weighted by Gasteiger charge is -2.14. The number of imide groups is 1. The summed E-state index contributed by atoms with van der Waals surface area (Å²) in [6.07, 6.45) is -1.03. The number of ether oxygens (including phenoxy) is 1. The Morgan fingerprint density at radius 1 is 1.07 bits per heavy atom. The zero-order valence-electron chi connectivity index (χ0n) is 15.2. The molecule has 1 atom stereocenters. The Balaban J connectivity index is 1.61. The van der Waals surface area contributed by atoms with E-state index in [4.69, 9.17) is 16.3 Å². The molecule has 0 saturated heterocycles. The van der Waals surface area contributed by atoms with Gasteiger partial charge < -0.3 is 10.1 Å². The number of nitrogens with one attached hydrogen (secondary N) is 1. The van der Waals surface area contributed by atoms with Crippen LogP contribution in [0, 0.1) is 0 Å². The SMILES string of the molecule is CC(OC(=O)c1ccc2c(c1)C(=O)N(C)C2=O)C(=O)NCc1ccc(Cl)cc1. The summed E-state index contributed by atoms with van der Waals surface area (Å²) < 4.78 is 5.17. The molecule has 7 nitrogen and oxygen atoms in total. The Labute approximate surface area is 166 Å². The molecule has 0 aromatic heterocycles. The van der Waals surface area contributed by atoms with E-state index in [1.165, 1.54) is 32.2 Å². The van der Waals surface area contributed by atoms with Crippen LogP contribution in [0.15, 0.2) is 42.5 Å². The topological polar surface area (TPSA) is 92.8 Å². The number of halogens is 1. The number of carbonyl (C=O) groups excluding carboxylic acids is 4. The van der Waals surface area contributed by atoms with Gasteiger partial charge in [-0.05, 0) is 42.8 Å². The quantitative estimate of drug-likeness (QED) is 0.614. The molecule has 28 heavy (non-hydrogen) atoms. The maximum Gasteiger partial charge on any atom is 0.338 e. The molecule has 0 aliphatic carbocycles. The molecule has 1 heterocycles. The van der Waals surface area contributed by atoms with E-state index >= 15 is 0 Å². The van der Waals surface area contributed by atoms with Crippen molar-refractivity contribution in [2.45, 2.75) is 19.6 Å². The van der Waals surface area contributed by atoms with Crippen LogP contribution in [0.5, 0.6) is 0 Å². The van der Waals surface area contributed by atoms with Crippen molar-refractivity contribution in [1.29, 1.82) is 0 Å². The van der Waals surface area contributed by atoms with Crippen LogP contribution in [-0.4, -0.2) is 41.7 Å². The number of amides is 3. The maximum atomic E-state index is 12.3. The van der Waals surface area contributed by atoms with Gasteiger partial charge in [-0.1, -0.05) is 23.7 Å². The molecule has 1 aliphatic heterocycles. The molecule has 0 bridgehead atoms. The van der Waals surface area contributed by atoms with Crippen LogP contribution in [0.1, 0.15) is 43.6 Å². The number of fused-ring (bicyclic) bond motifs is 1. The van der Waals surface area contributed by atoms with E-state index in [-0.39, 0.29) is 23.2 Å². The highest BCUT2D eigenvalue weighted by atomic mass is 35.5. The zero-order valence-corrected chi connectivity index (χ0v) is 15.9. The third kappa shape index (κ3) is 3.89. The number of nitrogens with zero attached hydrogens (tertiary/aromatic N) is 1. The van der Waals surface area contributed by atoms with Gasteiger partial charge in [0.15, 0.2) is 6.10 Å². The molecular weight excluding hydrogens is 384 g/mol. The normalized spacial score (nSPS) is 13.9. The third-order valence-corrected chi connectivity index (χ3v) is 4.61. The number of hydrogen-bond acceptors (Lipinski definition) is 5. The van der Waals surface area contributed by atoms with Crippen molar-refractivity contribution in [3.63, 3.8) is 0 Å². The fraction of sp³-hybridized carbons (Fsp3) is 0.200. The fourth-order valence-corrected chi connectivity index (χ4v) is 2.83. The van der Waals surface area contributed by atoms with Gasteiger partial charge in [-0.15, -0.1) is 0 Å². The number of carbonyl (C=O) groups is 4. The van der Waals surface area contributed by atoms with E-state index in [0.717, 1.165) is 10.5 Å². The summed E-state index contributed by atoms with van der Waals surface area (Å²) in [5, 5.41) is 3.27. The van der Waals surface area contributed by atoms with Gasteiger partial charge in [-0.3, -0.25) is 19.3 Å². The minimum atomic E-state index is -1.03. The van der Waals surface area contributed by atoms with E-state index in [2.05, 4.69) is 5.32 Å². The molecule has 0 radical (unpaired) electrons. The molecule has 0 spiro atoms. The molecule has 2 aromatic carbocycles. The van der Waals surface area contributed by atoms with E-state index < -0.39 is 29.8 Å². The average molecular weight is 401 g/mol. The molecule has 8 heteroatoms. The fourth-order valence-electron chi connectivity index (χ4n) is 2.71. The van der Waals surface area contributed by atoms with Crippen LogP contribution >= 0.6 is 11.6 Å². The summed E-state index contributed by atoms with van der Waals surface area (Å²) >= 11 is 5.81. The van der Waals surface area contributed by atoms with E-state index in [1.54, 1.807) is 24.3 Å². The van der Waals surface area contributed by atoms with Gasteiger partial charge in [0, 0.05) is 18.6 Å². The first-order valence-corrected chi connectivity index (χ1v) is 8.85.